The largest absolute Gasteiger partial charge is 0.508 e. The number of aromatic hydroxyl groups is 1. The van der Waals surface area contributed by atoms with E-state index in [0.717, 1.165) is 58.4 Å². The minimum atomic E-state index is -0.581. The van der Waals surface area contributed by atoms with Crippen LogP contribution in [0.1, 0.15) is 56.6 Å². The predicted molar refractivity (Wildman–Crippen MR) is 183 cm³/mol. The van der Waals surface area contributed by atoms with Gasteiger partial charge in [0.05, 0.1) is 18.3 Å². The number of terminal acetylenes is 1. The number of hydrogen-bond donors (Lipinski definition) is 2. The summed E-state index contributed by atoms with van der Waals surface area (Å²) in [6.07, 6.45) is 10.4. The maximum Gasteiger partial charge on any atom is 0.319 e. The van der Waals surface area contributed by atoms with Gasteiger partial charge in [-0.3, -0.25) is 4.90 Å². The van der Waals surface area contributed by atoms with Crippen molar-refractivity contribution in [2.24, 2.45) is 5.41 Å². The molecule has 10 heteroatoms. The van der Waals surface area contributed by atoms with Crippen LogP contribution in [0.3, 0.4) is 0 Å². The highest BCUT2D eigenvalue weighted by Crippen LogP contribution is 2.48. The van der Waals surface area contributed by atoms with Crippen molar-refractivity contribution in [3.05, 3.63) is 53.1 Å². The summed E-state index contributed by atoms with van der Waals surface area (Å²) in [6.45, 7) is 8.69. The van der Waals surface area contributed by atoms with Crippen molar-refractivity contribution in [1.29, 1.82) is 0 Å². The number of anilines is 1. The molecule has 2 bridgehead atoms. The molecule has 3 saturated heterocycles. The lowest BCUT2D eigenvalue weighted by molar-refractivity contribution is -0.0410. The monoisotopic (exact) mass is 653 g/mol. The SMILES string of the molecule is C#Cc1c(F)ccc2cc(O)cc(-c3c(C(C)C)cc4c(N5CC6CCC(C5)N6)nc(OCC5(CN6CC(OC)C6)CC5)nc4c3F)c12. The van der Waals surface area contributed by atoms with Gasteiger partial charge in [-0.05, 0) is 72.4 Å². The van der Waals surface area contributed by atoms with Crippen molar-refractivity contribution >= 4 is 27.5 Å². The fourth-order valence-corrected chi connectivity index (χ4v) is 8.00. The smallest absolute Gasteiger partial charge is 0.319 e. The van der Waals surface area contributed by atoms with Gasteiger partial charge < -0.3 is 24.8 Å². The molecular formula is C38H41F2N5O3. The van der Waals surface area contributed by atoms with Gasteiger partial charge in [-0.1, -0.05) is 25.8 Å². The summed E-state index contributed by atoms with van der Waals surface area (Å²) >= 11 is 0. The Balaban J connectivity index is 1.27. The van der Waals surface area contributed by atoms with E-state index >= 15 is 8.78 Å². The molecule has 1 saturated carbocycles. The highest BCUT2D eigenvalue weighted by Gasteiger charge is 2.47. The van der Waals surface area contributed by atoms with E-state index in [4.69, 9.17) is 25.9 Å². The van der Waals surface area contributed by atoms with Gasteiger partial charge in [0, 0.05) is 73.7 Å². The van der Waals surface area contributed by atoms with Gasteiger partial charge >= 0.3 is 6.01 Å². The molecular weight excluding hydrogens is 612 g/mol. The zero-order valence-corrected chi connectivity index (χ0v) is 27.7. The molecule has 4 aromatic rings. The van der Waals surface area contributed by atoms with E-state index in [-0.39, 0.29) is 45.8 Å². The molecule has 8 nitrogen and oxygen atoms in total. The maximum atomic E-state index is 17.4. The lowest BCUT2D eigenvalue weighted by Gasteiger charge is -2.40. The molecule has 8 rings (SSSR count). The van der Waals surface area contributed by atoms with Crippen LogP contribution in [0.2, 0.25) is 0 Å². The molecule has 2 N–H and O–H groups in total. The second-order valence-electron chi connectivity index (χ2n) is 14.6. The van der Waals surface area contributed by atoms with E-state index in [2.05, 4.69) is 21.0 Å². The molecule has 2 unspecified atom stereocenters. The number of nitrogens with zero attached hydrogens (tertiary/aromatic N) is 4. The van der Waals surface area contributed by atoms with Crippen molar-refractivity contribution in [3.63, 3.8) is 0 Å². The minimum Gasteiger partial charge on any atom is -0.508 e. The summed E-state index contributed by atoms with van der Waals surface area (Å²) in [5.74, 6) is 1.77. The first kappa shape index (κ1) is 31.2. The van der Waals surface area contributed by atoms with Crippen molar-refractivity contribution < 1.29 is 23.4 Å². The quantitative estimate of drug-likeness (QED) is 0.214. The van der Waals surface area contributed by atoms with E-state index in [1.54, 1.807) is 13.2 Å². The first-order valence-electron chi connectivity index (χ1n) is 17.0. The summed E-state index contributed by atoms with van der Waals surface area (Å²) in [5, 5.41) is 16.0. The molecule has 48 heavy (non-hydrogen) atoms. The Morgan fingerprint density at radius 2 is 1.83 bits per heavy atom. The van der Waals surface area contributed by atoms with Crippen LogP contribution in [0.15, 0.2) is 30.3 Å². The molecule has 4 aliphatic rings. The number of methoxy groups -OCH3 is 1. The Morgan fingerprint density at radius 3 is 2.50 bits per heavy atom. The molecule has 2 atom stereocenters. The minimum absolute atomic E-state index is 0.0206. The number of phenols is 1. The Hall–Kier alpha value is -4.04. The molecule has 0 amide bonds. The predicted octanol–water partition coefficient (Wildman–Crippen LogP) is 5.97. The van der Waals surface area contributed by atoms with E-state index in [0.29, 0.717) is 51.8 Å². The van der Waals surface area contributed by atoms with Crippen LogP contribution in [-0.4, -0.2) is 84.6 Å². The fourth-order valence-electron chi connectivity index (χ4n) is 8.00. The van der Waals surface area contributed by atoms with Crippen LogP contribution < -0.4 is 15.0 Å². The summed E-state index contributed by atoms with van der Waals surface area (Å²) in [5.41, 5.74) is 1.42. The first-order chi connectivity index (χ1) is 23.1. The highest BCUT2D eigenvalue weighted by molar-refractivity contribution is 6.05. The number of benzene rings is 3. The normalized spacial score (nSPS) is 22.0. The van der Waals surface area contributed by atoms with Crippen LogP contribution in [0, 0.1) is 29.4 Å². The van der Waals surface area contributed by atoms with Gasteiger partial charge in [0.2, 0.25) is 0 Å². The lowest BCUT2D eigenvalue weighted by atomic mass is 9.86. The van der Waals surface area contributed by atoms with E-state index in [9.17, 15) is 5.11 Å². The molecule has 1 aromatic heterocycles. The summed E-state index contributed by atoms with van der Waals surface area (Å²) in [7, 11) is 1.75. The molecule has 0 radical (unpaired) electrons. The van der Waals surface area contributed by atoms with Crippen LogP contribution in [-0.2, 0) is 4.74 Å². The van der Waals surface area contributed by atoms with Gasteiger partial charge in [0.25, 0.3) is 0 Å². The van der Waals surface area contributed by atoms with Crippen molar-refractivity contribution in [2.45, 2.75) is 63.6 Å². The second kappa shape index (κ2) is 11.8. The van der Waals surface area contributed by atoms with Gasteiger partial charge in [-0.2, -0.15) is 9.97 Å². The number of likely N-dealkylation sites (tertiary alicyclic amines) is 1. The number of ether oxygens (including phenoxy) is 2. The Bertz CT molecular complexity index is 1950. The number of fused-ring (bicyclic) bond motifs is 4. The number of rotatable bonds is 9. The van der Waals surface area contributed by atoms with Crippen LogP contribution in [0.5, 0.6) is 11.8 Å². The maximum absolute atomic E-state index is 17.4. The van der Waals surface area contributed by atoms with Gasteiger partial charge in [0.15, 0.2) is 5.82 Å². The fraction of sp³-hybridized carbons (Fsp3) is 0.474. The topological polar surface area (TPSA) is 83.0 Å². The van der Waals surface area contributed by atoms with E-state index in [1.165, 1.54) is 18.2 Å². The van der Waals surface area contributed by atoms with Crippen LogP contribution in [0.25, 0.3) is 32.8 Å². The average Bonchev–Trinajstić information content (AvgIpc) is 3.75. The first-order valence-corrected chi connectivity index (χ1v) is 17.0. The number of halogens is 2. The molecule has 0 spiro atoms. The summed E-state index contributed by atoms with van der Waals surface area (Å²) < 4.78 is 44.3. The number of nitrogens with one attached hydrogen (secondary N) is 1. The molecule has 4 heterocycles. The number of aromatic nitrogens is 2. The van der Waals surface area contributed by atoms with Crippen molar-refractivity contribution in [2.75, 3.05) is 51.3 Å². The highest BCUT2D eigenvalue weighted by atomic mass is 19.1. The second-order valence-corrected chi connectivity index (χ2v) is 14.6. The van der Waals surface area contributed by atoms with Crippen LogP contribution in [0.4, 0.5) is 14.6 Å². The Kier molecular flexibility index (Phi) is 7.70. The third-order valence-corrected chi connectivity index (χ3v) is 10.8. The number of phenolic OH excluding ortho intramolecular Hbond substituents is 1. The zero-order chi connectivity index (χ0) is 33.3. The summed E-state index contributed by atoms with van der Waals surface area (Å²) in [6, 6.07) is 8.59. The standard InChI is InChI=1S/C38H41F2N5O3/c1-5-27-31(39)9-6-22-12-25(46)13-29(32(22)27)33-28(21(2)3)14-30-35(34(33)40)42-37(43-36(30)45-15-23-7-8-24(16-45)41-23)48-20-38(10-11-38)19-44-17-26(18-44)47-4/h1,6,9,12-14,21,23-24,26,41,46H,7-8,10-11,15-20H2,2-4H3. The van der Waals surface area contributed by atoms with Crippen molar-refractivity contribution in [3.8, 4) is 35.2 Å². The average molecular weight is 654 g/mol. The molecule has 3 aromatic carbocycles. The Labute approximate surface area is 279 Å². The molecule has 3 aliphatic heterocycles. The van der Waals surface area contributed by atoms with Gasteiger partial charge in [-0.15, -0.1) is 6.42 Å². The summed E-state index contributed by atoms with van der Waals surface area (Å²) in [4.78, 5) is 14.4. The lowest BCUT2D eigenvalue weighted by Crippen LogP contribution is -2.54. The Morgan fingerprint density at radius 1 is 1.08 bits per heavy atom. The molecule has 1 aliphatic carbocycles. The molecule has 250 valence electrons. The van der Waals surface area contributed by atoms with E-state index < -0.39 is 11.6 Å². The number of hydrogen-bond acceptors (Lipinski definition) is 8. The molecule has 4 fully saturated rings. The van der Waals surface area contributed by atoms with Gasteiger partial charge in [-0.25, -0.2) is 8.78 Å². The van der Waals surface area contributed by atoms with Crippen molar-refractivity contribution in [1.82, 2.24) is 20.2 Å². The van der Waals surface area contributed by atoms with Gasteiger partial charge in [0.1, 0.15) is 22.9 Å². The number of piperazine rings is 1. The third-order valence-electron chi connectivity index (χ3n) is 10.8. The third kappa shape index (κ3) is 5.42. The zero-order valence-electron chi connectivity index (χ0n) is 27.7. The van der Waals surface area contributed by atoms with E-state index in [1.807, 2.05) is 19.9 Å². The van der Waals surface area contributed by atoms with Crippen LogP contribution >= 0.6 is 0 Å².